The van der Waals surface area contributed by atoms with Gasteiger partial charge in [-0.3, -0.25) is 0 Å². The minimum absolute atomic E-state index is 0.307. The van der Waals surface area contributed by atoms with Gasteiger partial charge in [0.05, 0.1) is 23.4 Å². The van der Waals surface area contributed by atoms with E-state index in [1.54, 1.807) is 25.1 Å². The van der Waals surface area contributed by atoms with Crippen LogP contribution in [-0.4, -0.2) is 17.6 Å². The zero-order chi connectivity index (χ0) is 15.5. The number of ether oxygens (including phenoxy) is 1. The summed E-state index contributed by atoms with van der Waals surface area (Å²) in [6, 6.07) is 15.1. The second-order valence-corrected chi connectivity index (χ2v) is 4.80. The average Bonchev–Trinajstić information content (AvgIpc) is 2.54. The van der Waals surface area contributed by atoms with Crippen LogP contribution in [0.3, 0.4) is 0 Å². The Morgan fingerprint density at radius 1 is 1.14 bits per heavy atom. The van der Waals surface area contributed by atoms with Crippen LogP contribution in [0.25, 0.3) is 22.2 Å². The second-order valence-electron chi connectivity index (χ2n) is 4.80. The third-order valence-corrected chi connectivity index (χ3v) is 3.35. The highest BCUT2D eigenvalue weighted by Gasteiger charge is 2.14. The van der Waals surface area contributed by atoms with Crippen molar-refractivity contribution in [2.24, 2.45) is 0 Å². The van der Waals surface area contributed by atoms with Crippen LogP contribution in [0.5, 0.6) is 0 Å². The fourth-order valence-electron chi connectivity index (χ4n) is 2.32. The van der Waals surface area contributed by atoms with Crippen molar-refractivity contribution < 1.29 is 13.9 Å². The van der Waals surface area contributed by atoms with Gasteiger partial charge in [0, 0.05) is 10.9 Å². The fourth-order valence-corrected chi connectivity index (χ4v) is 2.32. The predicted octanol–water partition coefficient (Wildman–Crippen LogP) is 4.22. The number of carbonyl (C=O) groups is 1. The molecule has 1 heterocycles. The summed E-state index contributed by atoms with van der Waals surface area (Å²) in [6.45, 7) is 2.07. The lowest BCUT2D eigenvalue weighted by molar-refractivity contribution is 0.0528. The average molecular weight is 295 g/mol. The molecule has 0 spiro atoms. The highest BCUT2D eigenvalue weighted by molar-refractivity contribution is 6.04. The summed E-state index contributed by atoms with van der Waals surface area (Å²) in [4.78, 5) is 16.7. The van der Waals surface area contributed by atoms with E-state index in [9.17, 15) is 9.18 Å². The molecule has 0 amide bonds. The zero-order valence-corrected chi connectivity index (χ0v) is 12.0. The number of aromatic nitrogens is 1. The Bertz CT molecular complexity index is 828. The molecule has 0 aliphatic heterocycles. The van der Waals surface area contributed by atoms with Crippen LogP contribution < -0.4 is 0 Å². The number of halogens is 1. The molecule has 3 aromatic rings. The molecule has 110 valence electrons. The highest BCUT2D eigenvalue weighted by Crippen LogP contribution is 2.25. The minimum Gasteiger partial charge on any atom is -0.462 e. The van der Waals surface area contributed by atoms with Crippen molar-refractivity contribution in [3.05, 3.63) is 66.0 Å². The number of fused-ring (bicyclic) bond motifs is 1. The van der Waals surface area contributed by atoms with E-state index < -0.39 is 0 Å². The maximum atomic E-state index is 13.1. The topological polar surface area (TPSA) is 39.2 Å². The summed E-state index contributed by atoms with van der Waals surface area (Å²) in [5.41, 5.74) is 2.53. The smallest absolute Gasteiger partial charge is 0.338 e. The summed E-state index contributed by atoms with van der Waals surface area (Å²) in [6.07, 6.45) is 0. The molecule has 0 aliphatic carbocycles. The number of pyridine rings is 1. The van der Waals surface area contributed by atoms with E-state index >= 15 is 0 Å². The molecule has 3 nitrogen and oxygen atoms in total. The van der Waals surface area contributed by atoms with Crippen LogP contribution in [0, 0.1) is 5.82 Å². The molecule has 3 rings (SSSR count). The molecular weight excluding hydrogens is 281 g/mol. The molecule has 0 aliphatic rings. The van der Waals surface area contributed by atoms with E-state index in [1.807, 2.05) is 24.3 Å². The van der Waals surface area contributed by atoms with Gasteiger partial charge in [-0.05, 0) is 43.3 Å². The zero-order valence-electron chi connectivity index (χ0n) is 12.0. The Morgan fingerprint density at radius 2 is 1.86 bits per heavy atom. The molecule has 0 bridgehead atoms. The first-order chi connectivity index (χ1) is 10.7. The van der Waals surface area contributed by atoms with Crippen molar-refractivity contribution in [2.75, 3.05) is 6.61 Å². The van der Waals surface area contributed by atoms with E-state index in [-0.39, 0.29) is 11.8 Å². The first-order valence-electron chi connectivity index (χ1n) is 7.02. The van der Waals surface area contributed by atoms with E-state index in [2.05, 4.69) is 4.98 Å². The Morgan fingerprint density at radius 3 is 2.59 bits per heavy atom. The number of para-hydroxylation sites is 1. The first-order valence-corrected chi connectivity index (χ1v) is 7.02. The van der Waals surface area contributed by atoms with Gasteiger partial charge in [0.15, 0.2) is 0 Å². The number of carbonyl (C=O) groups excluding carboxylic acids is 1. The first kappa shape index (κ1) is 14.2. The monoisotopic (exact) mass is 295 g/mol. The van der Waals surface area contributed by atoms with Gasteiger partial charge in [0.25, 0.3) is 0 Å². The van der Waals surface area contributed by atoms with Crippen LogP contribution in [0.2, 0.25) is 0 Å². The summed E-state index contributed by atoms with van der Waals surface area (Å²) in [5.74, 6) is -0.695. The normalized spacial score (nSPS) is 10.6. The quantitative estimate of drug-likeness (QED) is 0.679. The second kappa shape index (κ2) is 5.93. The maximum absolute atomic E-state index is 13.1. The molecule has 0 atom stereocenters. The Labute approximate surface area is 127 Å². The lowest BCUT2D eigenvalue weighted by Gasteiger charge is -2.09. The molecule has 0 radical (unpaired) electrons. The molecule has 0 fully saturated rings. The minimum atomic E-state index is -0.385. The van der Waals surface area contributed by atoms with Gasteiger partial charge in [0.1, 0.15) is 5.82 Å². The van der Waals surface area contributed by atoms with Gasteiger partial charge in [-0.15, -0.1) is 0 Å². The van der Waals surface area contributed by atoms with Gasteiger partial charge >= 0.3 is 5.97 Å². The van der Waals surface area contributed by atoms with Crippen LogP contribution in [0.15, 0.2) is 54.6 Å². The molecular formula is C18H14FNO2. The van der Waals surface area contributed by atoms with E-state index in [4.69, 9.17) is 4.74 Å². The third kappa shape index (κ3) is 2.68. The number of hydrogen-bond acceptors (Lipinski definition) is 3. The molecule has 4 heteroatoms. The van der Waals surface area contributed by atoms with Crippen molar-refractivity contribution in [1.82, 2.24) is 4.98 Å². The highest BCUT2D eigenvalue weighted by atomic mass is 19.1. The summed E-state index contributed by atoms with van der Waals surface area (Å²) >= 11 is 0. The molecule has 0 saturated heterocycles. The Kier molecular flexibility index (Phi) is 3.83. The van der Waals surface area contributed by atoms with Crippen molar-refractivity contribution in [3.63, 3.8) is 0 Å². The molecule has 1 aromatic heterocycles. The number of rotatable bonds is 3. The van der Waals surface area contributed by atoms with Gasteiger partial charge in [-0.25, -0.2) is 14.2 Å². The maximum Gasteiger partial charge on any atom is 0.338 e. The molecule has 22 heavy (non-hydrogen) atoms. The van der Waals surface area contributed by atoms with E-state index in [1.165, 1.54) is 12.1 Å². The van der Waals surface area contributed by atoms with Crippen molar-refractivity contribution in [1.29, 1.82) is 0 Å². The summed E-state index contributed by atoms with van der Waals surface area (Å²) in [7, 11) is 0. The number of benzene rings is 2. The van der Waals surface area contributed by atoms with Crippen LogP contribution in [0.1, 0.15) is 17.3 Å². The molecule has 0 unspecified atom stereocenters. The lowest BCUT2D eigenvalue weighted by Crippen LogP contribution is -2.06. The van der Waals surface area contributed by atoms with E-state index in [0.29, 0.717) is 23.4 Å². The van der Waals surface area contributed by atoms with Gasteiger partial charge < -0.3 is 4.74 Å². The van der Waals surface area contributed by atoms with Crippen molar-refractivity contribution in [2.45, 2.75) is 6.92 Å². The van der Waals surface area contributed by atoms with Crippen molar-refractivity contribution >= 4 is 16.9 Å². The van der Waals surface area contributed by atoms with Gasteiger partial charge in [-0.2, -0.15) is 0 Å². The van der Waals surface area contributed by atoms with E-state index in [0.717, 1.165) is 10.9 Å². The predicted molar refractivity (Wildman–Crippen MR) is 83.1 cm³/mol. The fraction of sp³-hybridized carbons (Fsp3) is 0.111. The summed E-state index contributed by atoms with van der Waals surface area (Å²) in [5, 5.41) is 0.742. The number of nitrogens with zero attached hydrogens (tertiary/aromatic N) is 1. The van der Waals surface area contributed by atoms with Gasteiger partial charge in [-0.1, -0.05) is 18.2 Å². The number of hydrogen-bond donors (Lipinski definition) is 0. The largest absolute Gasteiger partial charge is 0.462 e. The molecule has 0 saturated carbocycles. The summed E-state index contributed by atoms with van der Waals surface area (Å²) < 4.78 is 18.2. The lowest BCUT2D eigenvalue weighted by atomic mass is 10.0. The molecule has 2 aromatic carbocycles. The van der Waals surface area contributed by atoms with Crippen LogP contribution in [0.4, 0.5) is 4.39 Å². The SMILES string of the molecule is CCOC(=O)c1cc(-c2ccc(F)cc2)nc2ccccc12. The van der Waals surface area contributed by atoms with Crippen LogP contribution >= 0.6 is 0 Å². The number of esters is 1. The molecule has 0 N–H and O–H groups in total. The van der Waals surface area contributed by atoms with Gasteiger partial charge in [0.2, 0.25) is 0 Å². The standard InChI is InChI=1S/C18H14FNO2/c1-2-22-18(21)15-11-17(12-7-9-13(19)10-8-12)20-16-6-4-3-5-14(15)16/h3-11H,2H2,1H3. The third-order valence-electron chi connectivity index (χ3n) is 3.35. The Hall–Kier alpha value is -2.75. The van der Waals surface area contributed by atoms with Crippen LogP contribution in [-0.2, 0) is 4.74 Å². The Balaban J connectivity index is 2.20. The van der Waals surface area contributed by atoms with Crippen molar-refractivity contribution in [3.8, 4) is 11.3 Å².